The summed E-state index contributed by atoms with van der Waals surface area (Å²) in [6.07, 6.45) is 2.15. The van der Waals surface area contributed by atoms with E-state index >= 15 is 0 Å². The van der Waals surface area contributed by atoms with Gasteiger partial charge in [-0.05, 0) is 24.1 Å². The molecular formula is C10H10N. The van der Waals surface area contributed by atoms with Gasteiger partial charge in [-0.2, -0.15) is 0 Å². The van der Waals surface area contributed by atoms with Crippen molar-refractivity contribution in [1.29, 1.82) is 0 Å². The van der Waals surface area contributed by atoms with Gasteiger partial charge < -0.3 is 5.32 Å². The number of benzene rings is 1. The molecule has 1 aromatic rings. The zero-order chi connectivity index (χ0) is 7.68. The standard InChI is InChI=1S/C10H10N/c1-8-6-9-4-2-3-5-10(9)7-11-8/h2-7,11H,1H3. The molecule has 1 nitrogen and oxygen atoms in total. The maximum Gasteiger partial charge on any atom is 0.0760 e. The average Bonchev–Trinajstić information content (AvgIpc) is 2.04. The summed E-state index contributed by atoms with van der Waals surface area (Å²) in [6, 6.07) is 8.33. The minimum Gasteiger partial charge on any atom is -0.379 e. The van der Waals surface area contributed by atoms with Gasteiger partial charge in [-0.3, -0.25) is 0 Å². The molecule has 0 aliphatic carbocycles. The van der Waals surface area contributed by atoms with Crippen molar-refractivity contribution in [2.24, 2.45) is 0 Å². The monoisotopic (exact) mass is 144 g/mol. The number of allylic oxidation sites excluding steroid dienone is 1. The van der Waals surface area contributed by atoms with Crippen LogP contribution in [0.5, 0.6) is 0 Å². The van der Waals surface area contributed by atoms with Crippen LogP contribution in [0.3, 0.4) is 0 Å². The SMILES string of the molecule is CC1=Cc2ccccc2[CH]N1. The Labute approximate surface area is 66.7 Å². The van der Waals surface area contributed by atoms with Crippen molar-refractivity contribution in [3.05, 3.63) is 47.6 Å². The first-order valence-corrected chi connectivity index (χ1v) is 3.73. The van der Waals surface area contributed by atoms with Gasteiger partial charge in [0.15, 0.2) is 0 Å². The molecule has 11 heavy (non-hydrogen) atoms. The lowest BCUT2D eigenvalue weighted by atomic mass is 10.0. The first-order chi connectivity index (χ1) is 5.36. The van der Waals surface area contributed by atoms with Crippen LogP contribution in [0.4, 0.5) is 0 Å². The van der Waals surface area contributed by atoms with Crippen LogP contribution in [-0.4, -0.2) is 0 Å². The molecule has 0 atom stereocenters. The summed E-state index contributed by atoms with van der Waals surface area (Å²) in [4.78, 5) is 0. The van der Waals surface area contributed by atoms with Crippen molar-refractivity contribution in [2.75, 3.05) is 0 Å². The minimum absolute atomic E-state index is 1.20. The number of nitrogens with one attached hydrogen (secondary N) is 1. The lowest BCUT2D eigenvalue weighted by molar-refractivity contribution is 0.975. The first-order valence-electron chi connectivity index (χ1n) is 3.73. The zero-order valence-electron chi connectivity index (χ0n) is 6.46. The molecule has 0 amide bonds. The largest absolute Gasteiger partial charge is 0.379 e. The smallest absolute Gasteiger partial charge is 0.0760 e. The zero-order valence-corrected chi connectivity index (χ0v) is 6.46. The van der Waals surface area contributed by atoms with Crippen molar-refractivity contribution in [1.82, 2.24) is 5.32 Å². The highest BCUT2D eigenvalue weighted by molar-refractivity contribution is 5.60. The summed E-state index contributed by atoms with van der Waals surface area (Å²) in [5, 5.41) is 3.17. The van der Waals surface area contributed by atoms with Crippen molar-refractivity contribution in [3.8, 4) is 0 Å². The average molecular weight is 144 g/mol. The van der Waals surface area contributed by atoms with Gasteiger partial charge in [-0.1, -0.05) is 24.3 Å². The fourth-order valence-electron chi connectivity index (χ4n) is 1.24. The third-order valence-electron chi connectivity index (χ3n) is 1.82. The van der Waals surface area contributed by atoms with Gasteiger partial charge >= 0.3 is 0 Å². The third-order valence-corrected chi connectivity index (χ3v) is 1.82. The molecule has 1 N–H and O–H groups in total. The molecule has 0 bridgehead atoms. The Bertz CT molecular complexity index is 299. The van der Waals surface area contributed by atoms with E-state index in [9.17, 15) is 0 Å². The molecule has 1 radical (unpaired) electrons. The number of rotatable bonds is 0. The molecule has 1 heterocycles. The van der Waals surface area contributed by atoms with E-state index in [1.54, 1.807) is 0 Å². The molecule has 1 aliphatic heterocycles. The van der Waals surface area contributed by atoms with Crippen LogP contribution < -0.4 is 5.32 Å². The predicted molar refractivity (Wildman–Crippen MR) is 46.6 cm³/mol. The molecule has 0 saturated heterocycles. The highest BCUT2D eigenvalue weighted by Gasteiger charge is 2.04. The van der Waals surface area contributed by atoms with Gasteiger partial charge in [0, 0.05) is 5.70 Å². The fraction of sp³-hybridized carbons (Fsp3) is 0.100. The number of hydrogen-bond donors (Lipinski definition) is 1. The van der Waals surface area contributed by atoms with E-state index in [2.05, 4.69) is 36.5 Å². The fourth-order valence-corrected chi connectivity index (χ4v) is 1.24. The van der Waals surface area contributed by atoms with Crippen LogP contribution in [0.25, 0.3) is 6.08 Å². The second-order valence-corrected chi connectivity index (χ2v) is 2.74. The lowest BCUT2D eigenvalue weighted by Crippen LogP contribution is -2.12. The second kappa shape index (κ2) is 2.42. The summed E-state index contributed by atoms with van der Waals surface area (Å²) in [5.74, 6) is 0. The second-order valence-electron chi connectivity index (χ2n) is 2.74. The summed E-state index contributed by atoms with van der Waals surface area (Å²) >= 11 is 0. The van der Waals surface area contributed by atoms with E-state index in [1.807, 2.05) is 12.6 Å². The van der Waals surface area contributed by atoms with Crippen molar-refractivity contribution < 1.29 is 0 Å². The summed E-state index contributed by atoms with van der Waals surface area (Å²) in [5.41, 5.74) is 3.76. The normalized spacial score (nSPS) is 14.8. The quantitative estimate of drug-likeness (QED) is 0.588. The maximum atomic E-state index is 3.17. The highest BCUT2D eigenvalue weighted by atomic mass is 14.9. The van der Waals surface area contributed by atoms with Gasteiger partial charge in [0.25, 0.3) is 0 Å². The van der Waals surface area contributed by atoms with Gasteiger partial charge in [-0.15, -0.1) is 0 Å². The minimum atomic E-state index is 1.20. The predicted octanol–water partition coefficient (Wildman–Crippen LogP) is 2.16. The molecule has 1 heteroatoms. The molecule has 0 aromatic heterocycles. The van der Waals surface area contributed by atoms with Gasteiger partial charge in [0.1, 0.15) is 0 Å². The molecule has 0 spiro atoms. The van der Waals surface area contributed by atoms with E-state index in [0.29, 0.717) is 0 Å². The van der Waals surface area contributed by atoms with Crippen LogP contribution in [0, 0.1) is 6.54 Å². The van der Waals surface area contributed by atoms with Crippen LogP contribution in [0.15, 0.2) is 30.0 Å². The van der Waals surface area contributed by atoms with Crippen molar-refractivity contribution in [3.63, 3.8) is 0 Å². The van der Waals surface area contributed by atoms with Crippen LogP contribution >= 0.6 is 0 Å². The van der Waals surface area contributed by atoms with Crippen LogP contribution in [0.1, 0.15) is 18.1 Å². The van der Waals surface area contributed by atoms with E-state index in [-0.39, 0.29) is 0 Å². The third kappa shape index (κ3) is 1.14. The van der Waals surface area contributed by atoms with Gasteiger partial charge in [0.2, 0.25) is 0 Å². The summed E-state index contributed by atoms with van der Waals surface area (Å²) in [7, 11) is 0. The van der Waals surface area contributed by atoms with E-state index in [0.717, 1.165) is 0 Å². The molecule has 0 saturated carbocycles. The molecule has 2 rings (SSSR count). The topological polar surface area (TPSA) is 12.0 Å². The molecular weight excluding hydrogens is 134 g/mol. The Kier molecular flexibility index (Phi) is 1.42. The van der Waals surface area contributed by atoms with Crippen LogP contribution in [-0.2, 0) is 0 Å². The van der Waals surface area contributed by atoms with E-state index in [4.69, 9.17) is 0 Å². The lowest BCUT2D eigenvalue weighted by Gasteiger charge is -2.14. The first kappa shape index (κ1) is 6.47. The van der Waals surface area contributed by atoms with Gasteiger partial charge in [-0.25, -0.2) is 0 Å². The van der Waals surface area contributed by atoms with Crippen molar-refractivity contribution in [2.45, 2.75) is 6.92 Å². The molecule has 0 unspecified atom stereocenters. The Morgan fingerprint density at radius 2 is 1.82 bits per heavy atom. The highest BCUT2D eigenvalue weighted by Crippen LogP contribution is 2.17. The maximum absolute atomic E-state index is 3.17. The number of hydrogen-bond acceptors (Lipinski definition) is 1. The molecule has 1 aliphatic rings. The Balaban J connectivity index is 2.51. The summed E-state index contributed by atoms with van der Waals surface area (Å²) in [6.45, 7) is 4.09. The Hall–Kier alpha value is -1.24. The Morgan fingerprint density at radius 1 is 1.09 bits per heavy atom. The van der Waals surface area contributed by atoms with E-state index < -0.39 is 0 Å². The number of fused-ring (bicyclic) bond motifs is 1. The molecule has 1 aromatic carbocycles. The summed E-state index contributed by atoms with van der Waals surface area (Å²) < 4.78 is 0. The van der Waals surface area contributed by atoms with Crippen molar-refractivity contribution >= 4 is 6.08 Å². The van der Waals surface area contributed by atoms with Crippen LogP contribution in [0.2, 0.25) is 0 Å². The van der Waals surface area contributed by atoms with E-state index in [1.165, 1.54) is 16.8 Å². The molecule has 0 fully saturated rings. The molecule has 55 valence electrons. The Morgan fingerprint density at radius 3 is 2.64 bits per heavy atom. The van der Waals surface area contributed by atoms with Gasteiger partial charge in [0.05, 0.1) is 6.54 Å².